The summed E-state index contributed by atoms with van der Waals surface area (Å²) in [6, 6.07) is 0. The molecule has 0 spiro atoms. The maximum absolute atomic E-state index is 7.00. The topological polar surface area (TPSA) is 18.5 Å². The molecule has 0 aliphatic carbocycles. The highest BCUT2D eigenvalue weighted by atomic mass is 28.4. The van der Waals surface area contributed by atoms with Crippen molar-refractivity contribution in [1.29, 1.82) is 0 Å². The number of hydrogen-bond acceptors (Lipinski definition) is 2. The molecule has 4 heteroatoms. The molecule has 2 nitrogen and oxygen atoms in total. The van der Waals surface area contributed by atoms with Crippen molar-refractivity contribution in [3.8, 4) is 0 Å². The molecule has 0 N–H and O–H groups in total. The summed E-state index contributed by atoms with van der Waals surface area (Å²) >= 11 is 0. The molecule has 0 aliphatic rings. The summed E-state index contributed by atoms with van der Waals surface area (Å²) in [5.74, 6) is 0. The van der Waals surface area contributed by atoms with Crippen molar-refractivity contribution in [3.05, 3.63) is 12.7 Å². The molecular weight excluding hydrogens is 485 g/mol. The van der Waals surface area contributed by atoms with Crippen LogP contribution in [0.3, 0.4) is 0 Å². The summed E-state index contributed by atoms with van der Waals surface area (Å²) in [5, 5.41) is 0.485. The van der Waals surface area contributed by atoms with E-state index in [0.717, 1.165) is 19.3 Å². The summed E-state index contributed by atoms with van der Waals surface area (Å²) in [6.45, 7) is 30.0. The van der Waals surface area contributed by atoms with Crippen LogP contribution in [0.2, 0.25) is 36.3 Å². The molecule has 0 aromatic rings. The highest BCUT2D eigenvalue weighted by Crippen LogP contribution is 2.40. The van der Waals surface area contributed by atoms with Crippen LogP contribution < -0.4 is 0 Å². The van der Waals surface area contributed by atoms with E-state index in [-0.39, 0.29) is 16.2 Å². The Morgan fingerprint density at radius 3 is 1.30 bits per heavy atom. The largest absolute Gasteiger partial charge is 0.414 e. The lowest BCUT2D eigenvalue weighted by molar-refractivity contribution is 0.117. The quantitative estimate of drug-likeness (QED) is 0.0752. The van der Waals surface area contributed by atoms with Gasteiger partial charge in [-0.05, 0) is 61.9 Å². The van der Waals surface area contributed by atoms with Gasteiger partial charge in [-0.25, -0.2) is 0 Å². The van der Waals surface area contributed by atoms with Crippen molar-refractivity contribution in [3.63, 3.8) is 0 Å². The second kappa shape index (κ2) is 18.4. The van der Waals surface area contributed by atoms with Gasteiger partial charge in [-0.15, -0.1) is 6.58 Å². The first-order valence-electron chi connectivity index (χ1n) is 16.0. The SMILES string of the molecule is C=CC[C@H](CC[C@@H](CCCCCCCCCCCCCC)O[Si](C)(C)C(C)(C)C)O[Si](C)(C)C(C)(C)C. The van der Waals surface area contributed by atoms with Crippen molar-refractivity contribution in [2.45, 2.75) is 200 Å². The Morgan fingerprint density at radius 1 is 0.568 bits per heavy atom. The van der Waals surface area contributed by atoms with E-state index >= 15 is 0 Å². The molecular formula is C33H70O2Si2. The van der Waals surface area contributed by atoms with E-state index in [0.29, 0.717) is 6.10 Å². The fraction of sp³-hybridized carbons (Fsp3) is 0.939. The fourth-order valence-corrected chi connectivity index (χ4v) is 7.27. The molecule has 2 atom stereocenters. The zero-order valence-electron chi connectivity index (χ0n) is 27.6. The van der Waals surface area contributed by atoms with Gasteiger partial charge in [-0.2, -0.15) is 0 Å². The molecule has 0 saturated carbocycles. The lowest BCUT2D eigenvalue weighted by atomic mass is 10.0. The van der Waals surface area contributed by atoms with Crippen LogP contribution in [0.4, 0.5) is 0 Å². The van der Waals surface area contributed by atoms with Crippen LogP contribution >= 0.6 is 0 Å². The van der Waals surface area contributed by atoms with Gasteiger partial charge >= 0.3 is 0 Å². The molecule has 0 aromatic carbocycles. The van der Waals surface area contributed by atoms with E-state index in [1.54, 1.807) is 0 Å². The minimum atomic E-state index is -1.79. The van der Waals surface area contributed by atoms with E-state index in [1.807, 2.05) is 6.08 Å². The Balaban J connectivity index is 4.73. The van der Waals surface area contributed by atoms with Gasteiger partial charge in [0.2, 0.25) is 0 Å². The molecule has 37 heavy (non-hydrogen) atoms. The first-order chi connectivity index (χ1) is 17.1. The Morgan fingerprint density at radius 2 is 0.919 bits per heavy atom. The second-order valence-electron chi connectivity index (χ2n) is 14.8. The normalized spacial score (nSPS) is 15.1. The predicted octanol–water partition coefficient (Wildman–Crippen LogP) is 12.2. The monoisotopic (exact) mass is 554 g/mol. The minimum Gasteiger partial charge on any atom is -0.414 e. The van der Waals surface area contributed by atoms with Crippen molar-refractivity contribution in [2.24, 2.45) is 0 Å². The predicted molar refractivity (Wildman–Crippen MR) is 174 cm³/mol. The molecule has 0 rings (SSSR count). The van der Waals surface area contributed by atoms with Crippen molar-refractivity contribution in [2.75, 3.05) is 0 Å². The van der Waals surface area contributed by atoms with Crippen LogP contribution in [-0.4, -0.2) is 28.8 Å². The zero-order chi connectivity index (χ0) is 28.6. The van der Waals surface area contributed by atoms with Gasteiger partial charge in [0.05, 0.1) is 0 Å². The van der Waals surface area contributed by atoms with Gasteiger partial charge in [0.25, 0.3) is 0 Å². The standard InChI is InChI=1S/C33H70O2Si2/c1-13-15-16-17-18-19-20-21-22-23-24-25-27-31(35-37(11,12)33(6,7)8)29-28-30(26-14-2)34-36(9,10)32(3,4)5/h14,30-31H,2,13,15-29H2,1,3-12H3/t30-,31-/m1/s1. The molecule has 0 amide bonds. The minimum absolute atomic E-state index is 0.235. The highest BCUT2D eigenvalue weighted by Gasteiger charge is 2.40. The maximum Gasteiger partial charge on any atom is 0.192 e. The van der Waals surface area contributed by atoms with Gasteiger partial charge < -0.3 is 8.85 Å². The maximum atomic E-state index is 7.00. The molecule has 0 heterocycles. The van der Waals surface area contributed by atoms with Crippen LogP contribution in [0.5, 0.6) is 0 Å². The average molecular weight is 555 g/mol. The van der Waals surface area contributed by atoms with Gasteiger partial charge in [-0.1, -0.05) is 132 Å². The van der Waals surface area contributed by atoms with Crippen LogP contribution in [0.25, 0.3) is 0 Å². The Hall–Kier alpha value is 0.0938. The fourth-order valence-electron chi connectivity index (χ4n) is 4.44. The second-order valence-corrected chi connectivity index (χ2v) is 24.3. The third kappa shape index (κ3) is 16.7. The summed E-state index contributed by atoms with van der Waals surface area (Å²) in [5.41, 5.74) is 0. The smallest absolute Gasteiger partial charge is 0.192 e. The molecule has 0 unspecified atom stereocenters. The van der Waals surface area contributed by atoms with Gasteiger partial charge in [-0.3, -0.25) is 0 Å². The van der Waals surface area contributed by atoms with E-state index in [2.05, 4.69) is 81.2 Å². The van der Waals surface area contributed by atoms with Crippen molar-refractivity contribution < 1.29 is 8.85 Å². The van der Waals surface area contributed by atoms with Crippen LogP contribution in [-0.2, 0) is 8.85 Å². The third-order valence-corrected chi connectivity index (χ3v) is 18.2. The van der Waals surface area contributed by atoms with Crippen molar-refractivity contribution >= 4 is 16.6 Å². The number of unbranched alkanes of at least 4 members (excludes halogenated alkanes) is 11. The molecule has 0 saturated heterocycles. The first kappa shape index (κ1) is 37.1. The summed E-state index contributed by atoms with van der Waals surface area (Å²) in [4.78, 5) is 0. The van der Waals surface area contributed by atoms with E-state index in [4.69, 9.17) is 8.85 Å². The molecule has 0 radical (unpaired) electrons. The lowest BCUT2D eigenvalue weighted by Gasteiger charge is -2.41. The molecule has 222 valence electrons. The number of rotatable bonds is 22. The molecule has 0 aliphatic heterocycles. The zero-order valence-corrected chi connectivity index (χ0v) is 29.6. The Bertz CT molecular complexity index is 572. The molecule has 0 bridgehead atoms. The summed E-state index contributed by atoms with van der Waals surface area (Å²) < 4.78 is 13.8. The Labute approximate surface area is 237 Å². The average Bonchev–Trinajstić information content (AvgIpc) is 2.76. The van der Waals surface area contributed by atoms with Gasteiger partial charge in [0.1, 0.15) is 0 Å². The lowest BCUT2D eigenvalue weighted by Crippen LogP contribution is -2.45. The number of hydrogen-bond donors (Lipinski definition) is 0. The van der Waals surface area contributed by atoms with E-state index in [1.165, 1.54) is 83.5 Å². The van der Waals surface area contributed by atoms with Crippen LogP contribution in [0, 0.1) is 0 Å². The first-order valence-corrected chi connectivity index (χ1v) is 21.9. The molecule has 0 aromatic heterocycles. The van der Waals surface area contributed by atoms with Crippen LogP contribution in [0.15, 0.2) is 12.7 Å². The summed E-state index contributed by atoms with van der Waals surface area (Å²) in [7, 11) is -3.58. The van der Waals surface area contributed by atoms with Crippen LogP contribution in [0.1, 0.15) is 151 Å². The van der Waals surface area contributed by atoms with E-state index < -0.39 is 16.6 Å². The van der Waals surface area contributed by atoms with E-state index in [9.17, 15) is 0 Å². The van der Waals surface area contributed by atoms with Gasteiger partial charge in [0.15, 0.2) is 16.6 Å². The molecule has 0 fully saturated rings. The van der Waals surface area contributed by atoms with Crippen molar-refractivity contribution in [1.82, 2.24) is 0 Å². The van der Waals surface area contributed by atoms with Gasteiger partial charge in [0, 0.05) is 12.2 Å². The Kier molecular flexibility index (Phi) is 18.5. The highest BCUT2D eigenvalue weighted by molar-refractivity contribution is 6.74. The third-order valence-electron chi connectivity index (χ3n) is 9.15. The summed E-state index contributed by atoms with van der Waals surface area (Å²) in [6.07, 6.45) is 23.8.